The summed E-state index contributed by atoms with van der Waals surface area (Å²) in [6.45, 7) is 27.0. The molecule has 4 heteroatoms. The minimum atomic E-state index is 0.327. The van der Waals surface area contributed by atoms with Gasteiger partial charge in [-0.2, -0.15) is 0 Å². The maximum Gasteiger partial charge on any atom is 0.207 e. The number of phenolic OH excluding ortho intramolecular Hbond substituents is 1. The van der Waals surface area contributed by atoms with Gasteiger partial charge in [-0.3, -0.25) is 4.79 Å². The minimum Gasteiger partial charge on any atom is -0.508 e. The fourth-order valence-electron chi connectivity index (χ4n) is 3.41. The van der Waals surface area contributed by atoms with E-state index >= 15 is 0 Å². The van der Waals surface area contributed by atoms with E-state index in [4.69, 9.17) is 0 Å². The topological polar surface area (TPSA) is 49.3 Å². The Kier molecular flexibility index (Phi) is 21.1. The van der Waals surface area contributed by atoms with Crippen LogP contribution in [0.2, 0.25) is 0 Å². The zero-order chi connectivity index (χ0) is 25.2. The molecule has 2 aromatic rings. The van der Waals surface area contributed by atoms with Crippen molar-refractivity contribution in [3.63, 3.8) is 0 Å². The van der Waals surface area contributed by atoms with Crippen molar-refractivity contribution in [3.8, 4) is 5.75 Å². The van der Waals surface area contributed by atoms with Gasteiger partial charge in [-0.05, 0) is 72.0 Å². The number of amides is 1. The Morgan fingerprint density at radius 2 is 1.61 bits per heavy atom. The number of carbonyl (C=O) groups is 1. The van der Waals surface area contributed by atoms with Crippen molar-refractivity contribution in [3.05, 3.63) is 29.1 Å². The van der Waals surface area contributed by atoms with E-state index in [0.29, 0.717) is 23.1 Å². The van der Waals surface area contributed by atoms with Crippen molar-refractivity contribution in [1.82, 2.24) is 5.32 Å². The van der Waals surface area contributed by atoms with E-state index in [1.807, 2.05) is 61.5 Å². The van der Waals surface area contributed by atoms with Crippen LogP contribution in [0, 0.1) is 24.2 Å². The zero-order valence-electron chi connectivity index (χ0n) is 22.6. The first-order valence-electron chi connectivity index (χ1n) is 12.1. The summed E-state index contributed by atoms with van der Waals surface area (Å²) in [4.78, 5) is 10.2. The molecule has 1 aliphatic carbocycles. The number of aromatic hydroxyl groups is 1. The molecule has 182 valence electrons. The number of fused-ring (bicyclic) bond motifs is 1. The SMILES string of the molecule is CC.CC.CC.CC.CC(NC=O)C1CC(C)C1(C)C.Cc1csc2ccc(O)cc12. The zero-order valence-corrected chi connectivity index (χ0v) is 23.4. The van der Waals surface area contributed by atoms with Crippen LogP contribution in [0.3, 0.4) is 0 Å². The molecular formula is C27H51NO2S. The maximum atomic E-state index is 10.2. The van der Waals surface area contributed by atoms with Gasteiger partial charge in [0.15, 0.2) is 0 Å². The Labute approximate surface area is 197 Å². The molecule has 1 amide bonds. The Hall–Kier alpha value is -1.55. The molecule has 1 fully saturated rings. The second-order valence-corrected chi connectivity index (χ2v) is 8.15. The number of nitrogens with one attached hydrogen (secondary N) is 1. The Bertz CT molecular complexity index is 679. The lowest BCUT2D eigenvalue weighted by atomic mass is 9.53. The average Bonchev–Trinajstić information content (AvgIpc) is 3.18. The summed E-state index contributed by atoms with van der Waals surface area (Å²) in [6, 6.07) is 5.80. The third-order valence-electron chi connectivity index (χ3n) is 5.52. The van der Waals surface area contributed by atoms with Gasteiger partial charge in [0.1, 0.15) is 5.75 Å². The molecule has 1 heterocycles. The Morgan fingerprint density at radius 1 is 1.10 bits per heavy atom. The third-order valence-corrected chi connectivity index (χ3v) is 6.60. The average molecular weight is 454 g/mol. The van der Waals surface area contributed by atoms with Gasteiger partial charge in [-0.25, -0.2) is 0 Å². The molecule has 1 aliphatic rings. The summed E-state index contributed by atoms with van der Waals surface area (Å²) in [5, 5.41) is 15.3. The molecule has 1 saturated carbocycles. The summed E-state index contributed by atoms with van der Waals surface area (Å²) < 4.78 is 1.24. The van der Waals surface area contributed by atoms with Gasteiger partial charge in [0.25, 0.3) is 0 Å². The third kappa shape index (κ3) is 10.5. The highest BCUT2D eigenvalue weighted by atomic mass is 32.1. The fourth-order valence-corrected chi connectivity index (χ4v) is 4.33. The molecule has 1 aromatic heterocycles. The molecule has 3 rings (SSSR count). The van der Waals surface area contributed by atoms with Gasteiger partial charge in [0.05, 0.1) is 0 Å². The van der Waals surface area contributed by atoms with Crippen LogP contribution < -0.4 is 5.32 Å². The molecule has 1 aromatic carbocycles. The highest BCUT2D eigenvalue weighted by molar-refractivity contribution is 7.17. The fraction of sp³-hybridized carbons (Fsp3) is 0.667. The van der Waals surface area contributed by atoms with Crippen molar-refractivity contribution in [1.29, 1.82) is 0 Å². The highest BCUT2D eigenvalue weighted by Crippen LogP contribution is 2.52. The normalized spacial score (nSPS) is 18.1. The van der Waals surface area contributed by atoms with E-state index in [1.165, 1.54) is 16.7 Å². The first kappa shape index (κ1) is 34.1. The Balaban J connectivity index is -0.000000383. The molecule has 3 atom stereocenters. The summed E-state index contributed by atoms with van der Waals surface area (Å²) in [6.07, 6.45) is 2.05. The largest absolute Gasteiger partial charge is 0.508 e. The van der Waals surface area contributed by atoms with Gasteiger partial charge in [0.2, 0.25) is 6.41 Å². The lowest BCUT2D eigenvalue weighted by Gasteiger charge is -2.53. The first-order chi connectivity index (χ1) is 14.8. The van der Waals surface area contributed by atoms with E-state index in [2.05, 4.69) is 45.3 Å². The van der Waals surface area contributed by atoms with Crippen molar-refractivity contribution in [2.24, 2.45) is 17.3 Å². The molecule has 3 nitrogen and oxygen atoms in total. The van der Waals surface area contributed by atoms with Gasteiger partial charge in [-0.15, -0.1) is 11.3 Å². The van der Waals surface area contributed by atoms with Gasteiger partial charge < -0.3 is 10.4 Å². The number of rotatable bonds is 3. The number of hydrogen-bond acceptors (Lipinski definition) is 3. The molecule has 2 N–H and O–H groups in total. The van der Waals surface area contributed by atoms with E-state index in [-0.39, 0.29) is 0 Å². The van der Waals surface area contributed by atoms with Crippen LogP contribution in [-0.2, 0) is 4.79 Å². The standard InChI is InChI=1S/C10H19NO.C9H8OS.4C2H6/c1-7-5-9(10(7,3)4)8(2)11-6-12;1-6-5-11-9-3-2-7(10)4-8(6)9;4*1-2/h6-9H,5H2,1-4H3,(H,11,12);2-5,10H,1H3;4*1-2H3. The monoisotopic (exact) mass is 453 g/mol. The van der Waals surface area contributed by atoms with Crippen molar-refractivity contribution >= 4 is 27.8 Å². The van der Waals surface area contributed by atoms with E-state index < -0.39 is 0 Å². The lowest BCUT2D eigenvalue weighted by molar-refractivity contribution is -0.112. The van der Waals surface area contributed by atoms with Crippen LogP contribution in [-0.4, -0.2) is 17.6 Å². The molecule has 0 bridgehead atoms. The summed E-state index contributed by atoms with van der Waals surface area (Å²) in [7, 11) is 0. The van der Waals surface area contributed by atoms with E-state index in [9.17, 15) is 9.90 Å². The number of benzene rings is 1. The predicted octanol–water partition coefficient (Wildman–Crippen LogP) is 8.82. The van der Waals surface area contributed by atoms with Crippen LogP contribution in [0.15, 0.2) is 23.6 Å². The maximum absolute atomic E-state index is 10.2. The molecule has 0 saturated heterocycles. The Morgan fingerprint density at radius 3 is 2.03 bits per heavy atom. The lowest BCUT2D eigenvalue weighted by Crippen LogP contribution is -2.52. The second kappa shape index (κ2) is 19.2. The van der Waals surface area contributed by atoms with Crippen LogP contribution in [0.1, 0.15) is 95.1 Å². The van der Waals surface area contributed by atoms with Crippen LogP contribution in [0.4, 0.5) is 0 Å². The summed E-state index contributed by atoms with van der Waals surface area (Å²) >= 11 is 1.71. The molecule has 0 aliphatic heterocycles. The number of thiophene rings is 1. The number of aryl methyl sites for hydroxylation is 1. The van der Waals surface area contributed by atoms with E-state index in [0.717, 1.165) is 17.7 Å². The number of phenols is 1. The molecule has 3 unspecified atom stereocenters. The second-order valence-electron chi connectivity index (χ2n) is 7.24. The van der Waals surface area contributed by atoms with Crippen LogP contribution in [0.5, 0.6) is 5.75 Å². The molecule has 0 spiro atoms. The molecule has 0 radical (unpaired) electrons. The summed E-state index contributed by atoms with van der Waals surface area (Å²) in [5.74, 6) is 1.79. The quantitative estimate of drug-likeness (QED) is 0.456. The first-order valence-corrected chi connectivity index (χ1v) is 13.0. The van der Waals surface area contributed by atoms with Gasteiger partial charge in [0, 0.05) is 10.7 Å². The highest BCUT2D eigenvalue weighted by Gasteiger charge is 2.47. The van der Waals surface area contributed by atoms with E-state index in [1.54, 1.807) is 23.5 Å². The van der Waals surface area contributed by atoms with Crippen LogP contribution >= 0.6 is 11.3 Å². The minimum absolute atomic E-state index is 0.327. The molecule has 31 heavy (non-hydrogen) atoms. The van der Waals surface area contributed by atoms with Gasteiger partial charge >= 0.3 is 0 Å². The predicted molar refractivity (Wildman–Crippen MR) is 143 cm³/mol. The van der Waals surface area contributed by atoms with Crippen molar-refractivity contribution in [2.45, 2.75) is 102 Å². The van der Waals surface area contributed by atoms with Crippen molar-refractivity contribution in [2.75, 3.05) is 0 Å². The van der Waals surface area contributed by atoms with Crippen molar-refractivity contribution < 1.29 is 9.90 Å². The summed E-state index contributed by atoms with van der Waals surface area (Å²) in [5.41, 5.74) is 1.64. The molecular weight excluding hydrogens is 402 g/mol. The van der Waals surface area contributed by atoms with Crippen LogP contribution in [0.25, 0.3) is 10.1 Å². The number of carbonyl (C=O) groups excluding carboxylic acids is 1. The van der Waals surface area contributed by atoms with Gasteiger partial charge in [-0.1, -0.05) is 76.2 Å². The smallest absolute Gasteiger partial charge is 0.207 e. The number of hydrogen-bond donors (Lipinski definition) is 2.